The molecule has 0 atom stereocenters. The monoisotopic (exact) mass is 386 g/mol. The van der Waals surface area contributed by atoms with E-state index in [9.17, 15) is 0 Å². The van der Waals surface area contributed by atoms with E-state index in [0.717, 1.165) is 0 Å². The molecule has 7 rings (SSSR count). The van der Waals surface area contributed by atoms with E-state index in [1.165, 1.54) is 58.0 Å². The van der Waals surface area contributed by atoms with E-state index in [0.29, 0.717) is 0 Å². The van der Waals surface area contributed by atoms with Crippen LogP contribution in [0.25, 0.3) is 58.0 Å². The highest BCUT2D eigenvalue weighted by Gasteiger charge is 2.19. The Bertz CT molecular complexity index is 1750. The Morgan fingerprint density at radius 3 is 2.07 bits per heavy atom. The second-order valence-electron chi connectivity index (χ2n) is 7.64. The summed E-state index contributed by atoms with van der Waals surface area (Å²) in [5, 5.41) is 10.6. The first-order chi connectivity index (χ1) is 14.4. The number of hydrogen-bond donors (Lipinski definition) is 0. The number of aromatic nitrogens is 1. The molecule has 4 aromatic carbocycles. The fraction of sp³-hybridized carbons (Fsp3) is 0. The van der Waals surface area contributed by atoms with Crippen molar-refractivity contribution >= 4 is 69.3 Å². The molecule has 0 radical (unpaired) electrons. The molecule has 0 fully saturated rings. The Morgan fingerprint density at radius 2 is 1.17 bits per heavy atom. The smallest absolute Gasteiger partial charge is 0.166 e. The molecule has 0 amide bonds. The van der Waals surface area contributed by atoms with Crippen LogP contribution in [0.1, 0.15) is 0 Å². The normalized spacial score (nSPS) is 12.1. The van der Waals surface area contributed by atoms with Crippen molar-refractivity contribution in [1.82, 2.24) is 0 Å². The lowest BCUT2D eigenvalue weighted by atomic mass is 9.95. The highest BCUT2D eigenvalue weighted by atomic mass is 32.1. The summed E-state index contributed by atoms with van der Waals surface area (Å²) >= 11 is 1.88. The first-order valence-electron chi connectivity index (χ1n) is 9.87. The number of nitrogens with zero attached hydrogens (tertiary/aromatic N) is 1. The Kier molecular flexibility index (Phi) is 2.94. The van der Waals surface area contributed by atoms with Crippen LogP contribution < -0.4 is 4.40 Å². The molecule has 0 saturated carbocycles. The van der Waals surface area contributed by atoms with Gasteiger partial charge in [0.2, 0.25) is 5.52 Å². The molecule has 1 nitrogen and oxygen atoms in total. The van der Waals surface area contributed by atoms with Gasteiger partial charge in [0.15, 0.2) is 12.4 Å². The van der Waals surface area contributed by atoms with Crippen molar-refractivity contribution < 1.29 is 4.40 Å². The second-order valence-corrected chi connectivity index (χ2v) is 8.72. The highest BCUT2D eigenvalue weighted by Crippen LogP contribution is 2.40. The van der Waals surface area contributed by atoms with E-state index in [4.69, 9.17) is 0 Å². The summed E-state index contributed by atoms with van der Waals surface area (Å²) in [7, 11) is 0. The van der Waals surface area contributed by atoms with Crippen molar-refractivity contribution in [2.75, 3.05) is 0 Å². The fourth-order valence-electron chi connectivity index (χ4n) is 4.82. The average Bonchev–Trinajstić information content (AvgIpc) is 3.17. The van der Waals surface area contributed by atoms with Crippen molar-refractivity contribution in [3.63, 3.8) is 0 Å². The van der Waals surface area contributed by atoms with E-state index < -0.39 is 0 Å². The molecule has 0 aliphatic carbocycles. The fourth-order valence-corrected chi connectivity index (χ4v) is 5.93. The van der Waals surface area contributed by atoms with Crippen LogP contribution in [-0.2, 0) is 0 Å². The molecule has 29 heavy (non-hydrogen) atoms. The van der Waals surface area contributed by atoms with Crippen molar-refractivity contribution in [2.24, 2.45) is 0 Å². The lowest BCUT2D eigenvalue weighted by molar-refractivity contribution is -0.509. The lowest BCUT2D eigenvalue weighted by Crippen LogP contribution is -2.20. The van der Waals surface area contributed by atoms with Gasteiger partial charge >= 0.3 is 0 Å². The molecule has 0 unspecified atom stereocenters. The quantitative estimate of drug-likeness (QED) is 0.191. The highest BCUT2D eigenvalue weighted by molar-refractivity contribution is 7.26. The molecule has 3 aromatic heterocycles. The molecule has 0 saturated heterocycles. The number of thiophene rings is 1. The van der Waals surface area contributed by atoms with E-state index in [1.54, 1.807) is 0 Å². The third-order valence-electron chi connectivity index (χ3n) is 6.10. The van der Waals surface area contributed by atoms with Gasteiger partial charge in [0.05, 0.1) is 10.8 Å². The maximum Gasteiger partial charge on any atom is 0.228 e. The van der Waals surface area contributed by atoms with Crippen LogP contribution in [-0.4, -0.2) is 0 Å². The van der Waals surface area contributed by atoms with Crippen LogP contribution in [0.3, 0.4) is 0 Å². The molecule has 3 heterocycles. The Hall–Kier alpha value is -3.49. The van der Waals surface area contributed by atoms with Crippen LogP contribution in [0.15, 0.2) is 97.3 Å². The summed E-state index contributed by atoms with van der Waals surface area (Å²) in [5.74, 6) is 0. The van der Waals surface area contributed by atoms with Gasteiger partial charge in [-0.3, -0.25) is 0 Å². The van der Waals surface area contributed by atoms with E-state index in [-0.39, 0.29) is 0 Å². The predicted octanol–water partition coefficient (Wildman–Crippen LogP) is 7.25. The summed E-state index contributed by atoms with van der Waals surface area (Å²) in [4.78, 5) is 0. The van der Waals surface area contributed by atoms with Gasteiger partial charge in [0.25, 0.3) is 0 Å². The van der Waals surface area contributed by atoms with Crippen LogP contribution in [0.5, 0.6) is 0 Å². The molecule has 2 heteroatoms. The minimum absolute atomic E-state index is 1.29. The van der Waals surface area contributed by atoms with E-state index in [1.807, 2.05) is 11.3 Å². The van der Waals surface area contributed by atoms with Gasteiger partial charge in [-0.05, 0) is 27.6 Å². The first-order valence-corrected chi connectivity index (χ1v) is 10.7. The van der Waals surface area contributed by atoms with E-state index in [2.05, 4.69) is 102 Å². The van der Waals surface area contributed by atoms with Crippen molar-refractivity contribution in [3.8, 4) is 0 Å². The SMILES string of the molecule is c1ccc2c(c1)ccc1ccc3cc[n+]4ccc5sc6ccccc6c5c4c3c12. The van der Waals surface area contributed by atoms with Crippen LogP contribution in [0.4, 0.5) is 0 Å². The van der Waals surface area contributed by atoms with Crippen LogP contribution in [0, 0.1) is 0 Å². The first kappa shape index (κ1) is 15.4. The largest absolute Gasteiger partial charge is 0.228 e. The van der Waals surface area contributed by atoms with Crippen molar-refractivity contribution in [3.05, 3.63) is 97.3 Å². The number of benzene rings is 4. The molecule has 0 spiro atoms. The van der Waals surface area contributed by atoms with Gasteiger partial charge in [-0.2, -0.15) is 4.40 Å². The van der Waals surface area contributed by atoms with Crippen molar-refractivity contribution in [1.29, 1.82) is 0 Å². The maximum absolute atomic E-state index is 2.30. The van der Waals surface area contributed by atoms with Gasteiger partial charge in [-0.1, -0.05) is 66.7 Å². The van der Waals surface area contributed by atoms with Gasteiger partial charge in [0, 0.05) is 32.3 Å². The zero-order valence-corrected chi connectivity index (χ0v) is 16.4. The van der Waals surface area contributed by atoms with Gasteiger partial charge in [-0.15, -0.1) is 11.3 Å². The van der Waals surface area contributed by atoms with Gasteiger partial charge in [0.1, 0.15) is 0 Å². The minimum atomic E-state index is 1.29. The number of hydrogen-bond acceptors (Lipinski definition) is 1. The Labute approximate surface area is 171 Å². The Balaban J connectivity index is 1.89. The number of fused-ring (bicyclic) bond motifs is 11. The van der Waals surface area contributed by atoms with Gasteiger partial charge in [-0.25, -0.2) is 0 Å². The second kappa shape index (κ2) is 5.53. The zero-order chi connectivity index (χ0) is 18.9. The molecular formula is C27H16NS+. The summed E-state index contributed by atoms with van der Waals surface area (Å²) < 4.78 is 4.99. The average molecular weight is 386 g/mol. The summed E-state index contributed by atoms with van der Waals surface area (Å²) in [5.41, 5.74) is 1.31. The molecule has 0 aliphatic rings. The molecule has 134 valence electrons. The lowest BCUT2D eigenvalue weighted by Gasteiger charge is -2.08. The standard InChI is InChI=1S/C27H16NS/c1-2-6-20-17(5-1)9-10-18-11-12-19-13-15-28-16-14-23-26(27(28)25(19)24(18)20)21-7-3-4-8-22(21)29-23/h1-16H/q+1. The van der Waals surface area contributed by atoms with E-state index >= 15 is 0 Å². The molecule has 0 bridgehead atoms. The summed E-state index contributed by atoms with van der Waals surface area (Å²) in [6.07, 6.45) is 4.40. The Morgan fingerprint density at radius 1 is 0.483 bits per heavy atom. The molecule has 0 N–H and O–H groups in total. The third-order valence-corrected chi connectivity index (χ3v) is 7.23. The topological polar surface area (TPSA) is 4.10 Å². The molecular weight excluding hydrogens is 370 g/mol. The predicted molar refractivity (Wildman–Crippen MR) is 125 cm³/mol. The zero-order valence-electron chi connectivity index (χ0n) is 15.6. The summed E-state index contributed by atoms with van der Waals surface area (Å²) in [6, 6.07) is 31.0. The number of pyridine rings is 2. The van der Waals surface area contributed by atoms with Crippen LogP contribution >= 0.6 is 11.3 Å². The van der Waals surface area contributed by atoms with Crippen LogP contribution in [0.2, 0.25) is 0 Å². The summed E-state index contributed by atoms with van der Waals surface area (Å²) in [6.45, 7) is 0. The maximum atomic E-state index is 2.30. The molecule has 7 aromatic rings. The van der Waals surface area contributed by atoms with Crippen molar-refractivity contribution in [2.45, 2.75) is 0 Å². The molecule has 0 aliphatic heterocycles. The van der Waals surface area contributed by atoms with Gasteiger partial charge < -0.3 is 0 Å². The minimum Gasteiger partial charge on any atom is -0.166 e. The number of rotatable bonds is 0. The third kappa shape index (κ3) is 2.01.